The second-order valence-electron chi connectivity index (χ2n) is 5.55. The quantitative estimate of drug-likeness (QED) is 0.780. The van der Waals surface area contributed by atoms with Crippen molar-refractivity contribution in [1.82, 2.24) is 0 Å². The molecule has 4 nitrogen and oxygen atoms in total. The van der Waals surface area contributed by atoms with Crippen LogP contribution < -0.4 is 4.90 Å². The minimum absolute atomic E-state index is 0.0636. The monoisotopic (exact) mass is 295 g/mol. The second kappa shape index (κ2) is 5.56. The highest BCUT2D eigenvalue weighted by molar-refractivity contribution is 7.92. The predicted molar refractivity (Wildman–Crippen MR) is 81.3 cm³/mol. The highest BCUT2D eigenvalue weighted by Crippen LogP contribution is 2.28. The molecule has 0 bridgehead atoms. The molecular formula is C15H21NO3S. The van der Waals surface area contributed by atoms with Gasteiger partial charge in [0, 0.05) is 24.3 Å². The van der Waals surface area contributed by atoms with Gasteiger partial charge in [-0.3, -0.25) is 4.79 Å². The number of sulfone groups is 1. The van der Waals surface area contributed by atoms with Crippen molar-refractivity contribution in [2.75, 3.05) is 23.7 Å². The van der Waals surface area contributed by atoms with E-state index in [1.54, 1.807) is 20.8 Å². The Morgan fingerprint density at radius 2 is 2.05 bits per heavy atom. The lowest BCUT2D eigenvalue weighted by molar-refractivity contribution is 0.101. The van der Waals surface area contributed by atoms with Crippen LogP contribution in [0.15, 0.2) is 18.2 Å². The predicted octanol–water partition coefficient (Wildman–Crippen LogP) is 2.07. The number of carbonyl (C=O) groups excluding carboxylic acids is 1. The molecule has 2 rings (SSSR count). The van der Waals surface area contributed by atoms with E-state index in [0.29, 0.717) is 6.54 Å². The molecule has 1 aliphatic heterocycles. The smallest absolute Gasteiger partial charge is 0.159 e. The number of hydrogen-bond donors (Lipinski definition) is 0. The Labute approximate surface area is 120 Å². The van der Waals surface area contributed by atoms with Crippen LogP contribution in [0.3, 0.4) is 0 Å². The summed E-state index contributed by atoms with van der Waals surface area (Å²) in [4.78, 5) is 13.5. The largest absolute Gasteiger partial charge is 0.370 e. The Morgan fingerprint density at radius 3 is 2.65 bits per heavy atom. The molecule has 0 saturated heterocycles. The summed E-state index contributed by atoms with van der Waals surface area (Å²) in [6.45, 7) is 6.33. The van der Waals surface area contributed by atoms with E-state index in [2.05, 4.69) is 4.90 Å². The number of carbonyl (C=O) groups is 1. The maximum absolute atomic E-state index is 11.9. The van der Waals surface area contributed by atoms with Crippen LogP contribution in [0.25, 0.3) is 0 Å². The molecule has 20 heavy (non-hydrogen) atoms. The van der Waals surface area contributed by atoms with Gasteiger partial charge in [0.1, 0.15) is 0 Å². The number of rotatable bonds is 5. The summed E-state index contributed by atoms with van der Waals surface area (Å²) in [5.41, 5.74) is 2.93. The van der Waals surface area contributed by atoms with Crippen LogP contribution >= 0.6 is 0 Å². The highest BCUT2D eigenvalue weighted by atomic mass is 32.2. The second-order valence-corrected chi connectivity index (χ2v) is 8.23. The van der Waals surface area contributed by atoms with Crippen molar-refractivity contribution >= 4 is 21.3 Å². The third-order valence-electron chi connectivity index (χ3n) is 3.84. The molecule has 0 spiro atoms. The van der Waals surface area contributed by atoms with Crippen LogP contribution in [0, 0.1) is 0 Å². The molecule has 0 unspecified atom stereocenters. The molecule has 1 aromatic carbocycles. The molecule has 0 radical (unpaired) electrons. The van der Waals surface area contributed by atoms with E-state index in [4.69, 9.17) is 0 Å². The Bertz CT molecular complexity index is 620. The molecule has 0 N–H and O–H groups in total. The fraction of sp³-hybridized carbons (Fsp3) is 0.533. The molecule has 0 atom stereocenters. The van der Waals surface area contributed by atoms with Crippen LogP contribution in [0.4, 0.5) is 5.69 Å². The number of nitrogens with zero attached hydrogens (tertiary/aromatic N) is 1. The van der Waals surface area contributed by atoms with Crippen molar-refractivity contribution in [2.24, 2.45) is 0 Å². The first-order valence-corrected chi connectivity index (χ1v) is 8.63. The zero-order valence-corrected chi connectivity index (χ0v) is 13.0. The zero-order valence-electron chi connectivity index (χ0n) is 12.2. The molecule has 1 heterocycles. The number of fused-ring (bicyclic) bond motifs is 1. The fourth-order valence-electron chi connectivity index (χ4n) is 2.39. The number of benzene rings is 1. The minimum Gasteiger partial charge on any atom is -0.370 e. The first-order valence-electron chi connectivity index (χ1n) is 6.91. The van der Waals surface area contributed by atoms with Gasteiger partial charge in [-0.1, -0.05) is 0 Å². The van der Waals surface area contributed by atoms with Crippen LogP contribution in [-0.2, 0) is 16.3 Å². The molecule has 110 valence electrons. The third-order valence-corrected chi connectivity index (χ3v) is 6.03. The normalized spacial score (nSPS) is 14.7. The first kappa shape index (κ1) is 15.0. The zero-order chi connectivity index (χ0) is 14.9. The molecular weight excluding hydrogens is 274 g/mol. The summed E-state index contributed by atoms with van der Waals surface area (Å²) in [7, 11) is -3.01. The van der Waals surface area contributed by atoms with Gasteiger partial charge in [-0.2, -0.15) is 0 Å². The van der Waals surface area contributed by atoms with Crippen molar-refractivity contribution in [3.05, 3.63) is 29.3 Å². The minimum atomic E-state index is -3.01. The van der Waals surface area contributed by atoms with Gasteiger partial charge >= 0.3 is 0 Å². The van der Waals surface area contributed by atoms with E-state index in [1.807, 2.05) is 18.2 Å². The summed E-state index contributed by atoms with van der Waals surface area (Å²) in [5.74, 6) is 0.243. The lowest BCUT2D eigenvalue weighted by Gasteiger charge is -2.20. The lowest BCUT2D eigenvalue weighted by Crippen LogP contribution is -2.30. The van der Waals surface area contributed by atoms with E-state index in [9.17, 15) is 13.2 Å². The average Bonchev–Trinajstić information content (AvgIpc) is 2.78. The molecule has 0 saturated carbocycles. The molecule has 0 aliphatic carbocycles. The van der Waals surface area contributed by atoms with Crippen molar-refractivity contribution in [1.29, 1.82) is 0 Å². The summed E-state index contributed by atoms with van der Waals surface area (Å²) in [6.07, 6.45) is 0.873. The van der Waals surface area contributed by atoms with Crippen LogP contribution in [-0.4, -0.2) is 38.3 Å². The van der Waals surface area contributed by atoms with E-state index in [0.717, 1.165) is 29.8 Å². The first-order chi connectivity index (χ1) is 9.31. The molecule has 5 heteroatoms. The fourth-order valence-corrected chi connectivity index (χ4v) is 3.34. The SMILES string of the molecule is CC(=O)c1ccc2c(c1)CCN2CCS(=O)(=O)C(C)C. The van der Waals surface area contributed by atoms with Crippen LogP contribution in [0.2, 0.25) is 0 Å². The van der Waals surface area contributed by atoms with Gasteiger partial charge in [-0.25, -0.2) is 8.42 Å². The molecule has 0 amide bonds. The van der Waals surface area contributed by atoms with Crippen LogP contribution in [0.5, 0.6) is 0 Å². The van der Waals surface area contributed by atoms with Gasteiger partial charge in [0.05, 0.1) is 11.0 Å². The number of Topliss-reactive ketones (excluding diaryl/α,β-unsaturated/α-hetero) is 1. The molecule has 1 aliphatic rings. The van der Waals surface area contributed by atoms with Gasteiger partial charge in [-0.15, -0.1) is 0 Å². The standard InChI is InChI=1S/C15H21NO3S/c1-11(2)20(18,19)9-8-16-7-6-14-10-13(12(3)17)4-5-15(14)16/h4-5,10-11H,6-9H2,1-3H3. The highest BCUT2D eigenvalue weighted by Gasteiger charge is 2.23. The van der Waals surface area contributed by atoms with E-state index in [-0.39, 0.29) is 16.8 Å². The van der Waals surface area contributed by atoms with E-state index < -0.39 is 9.84 Å². The van der Waals surface area contributed by atoms with Crippen molar-refractivity contribution in [3.63, 3.8) is 0 Å². The van der Waals surface area contributed by atoms with Gasteiger partial charge in [0.15, 0.2) is 15.6 Å². The van der Waals surface area contributed by atoms with Crippen molar-refractivity contribution in [3.8, 4) is 0 Å². The Morgan fingerprint density at radius 1 is 1.35 bits per heavy atom. The van der Waals surface area contributed by atoms with Crippen molar-refractivity contribution in [2.45, 2.75) is 32.4 Å². The Hall–Kier alpha value is -1.36. The van der Waals surface area contributed by atoms with Gasteiger partial charge < -0.3 is 4.90 Å². The van der Waals surface area contributed by atoms with Gasteiger partial charge in [-0.05, 0) is 51.0 Å². The maximum Gasteiger partial charge on any atom is 0.159 e. The molecule has 0 fully saturated rings. The summed E-state index contributed by atoms with van der Waals surface area (Å²) in [5, 5.41) is -0.329. The summed E-state index contributed by atoms with van der Waals surface area (Å²) >= 11 is 0. The third kappa shape index (κ3) is 3.03. The summed E-state index contributed by atoms with van der Waals surface area (Å²) in [6, 6.07) is 5.67. The van der Waals surface area contributed by atoms with Gasteiger partial charge in [0.25, 0.3) is 0 Å². The lowest BCUT2D eigenvalue weighted by atomic mass is 10.1. The van der Waals surface area contributed by atoms with Gasteiger partial charge in [0.2, 0.25) is 0 Å². The Balaban J connectivity index is 2.11. The molecule has 0 aromatic heterocycles. The maximum atomic E-state index is 11.9. The molecule has 1 aromatic rings. The number of anilines is 1. The topological polar surface area (TPSA) is 54.5 Å². The van der Waals surface area contributed by atoms with Crippen molar-refractivity contribution < 1.29 is 13.2 Å². The number of hydrogen-bond acceptors (Lipinski definition) is 4. The van der Waals surface area contributed by atoms with E-state index >= 15 is 0 Å². The average molecular weight is 295 g/mol. The summed E-state index contributed by atoms with van der Waals surface area (Å²) < 4.78 is 23.7. The number of ketones is 1. The van der Waals surface area contributed by atoms with Crippen LogP contribution in [0.1, 0.15) is 36.7 Å². The van der Waals surface area contributed by atoms with E-state index in [1.165, 1.54) is 0 Å². The Kier molecular flexibility index (Phi) is 4.18.